The van der Waals surface area contributed by atoms with Crippen molar-refractivity contribution in [2.75, 3.05) is 14.1 Å². The van der Waals surface area contributed by atoms with Gasteiger partial charge in [0.05, 0.1) is 0 Å². The fourth-order valence-corrected chi connectivity index (χ4v) is 0.575. The highest BCUT2D eigenvalue weighted by Crippen LogP contribution is 1.95. The van der Waals surface area contributed by atoms with E-state index in [4.69, 9.17) is 5.73 Å². The first-order valence-electron chi connectivity index (χ1n) is 3.49. The molecule has 0 aliphatic heterocycles. The first kappa shape index (κ1) is 13.3. The second-order valence-electron chi connectivity index (χ2n) is 2.80. The van der Waals surface area contributed by atoms with Crippen molar-refractivity contribution < 1.29 is 4.79 Å². The molecule has 1 unspecified atom stereocenters. The van der Waals surface area contributed by atoms with Gasteiger partial charge in [0.2, 0.25) is 5.91 Å². The van der Waals surface area contributed by atoms with Crippen molar-refractivity contribution >= 4 is 18.3 Å². The number of carbonyl (C=O) groups excluding carboxylic acids is 1. The number of hydrogen-bond donors (Lipinski definition) is 1. The van der Waals surface area contributed by atoms with Crippen LogP contribution in [0, 0.1) is 0 Å². The molecule has 0 spiro atoms. The van der Waals surface area contributed by atoms with Gasteiger partial charge in [-0.1, -0.05) is 0 Å². The molecule has 0 aliphatic carbocycles. The van der Waals surface area contributed by atoms with Crippen LogP contribution in [0.15, 0.2) is 0 Å². The highest BCUT2D eigenvalue weighted by molar-refractivity contribution is 5.85. The Bertz CT molecular complexity index is 115. The van der Waals surface area contributed by atoms with Gasteiger partial charge in [0, 0.05) is 26.6 Å². The second-order valence-corrected chi connectivity index (χ2v) is 2.80. The predicted molar refractivity (Wildman–Crippen MR) is 48.8 cm³/mol. The summed E-state index contributed by atoms with van der Waals surface area (Å²) in [5, 5.41) is 0. The Kier molecular flexibility index (Phi) is 7.79. The third kappa shape index (κ3) is 7.62. The van der Waals surface area contributed by atoms with Gasteiger partial charge in [-0.05, 0) is 13.3 Å². The van der Waals surface area contributed by atoms with Crippen LogP contribution in [0.4, 0.5) is 0 Å². The Labute approximate surface area is 74.3 Å². The molecule has 0 radical (unpaired) electrons. The summed E-state index contributed by atoms with van der Waals surface area (Å²) < 4.78 is 0. The lowest BCUT2D eigenvalue weighted by molar-refractivity contribution is -0.128. The van der Waals surface area contributed by atoms with Crippen LogP contribution in [0.2, 0.25) is 0 Å². The van der Waals surface area contributed by atoms with E-state index >= 15 is 0 Å². The van der Waals surface area contributed by atoms with Gasteiger partial charge < -0.3 is 10.6 Å². The Morgan fingerprint density at radius 3 is 2.27 bits per heavy atom. The molecule has 0 heterocycles. The zero-order valence-electron chi connectivity index (χ0n) is 7.33. The lowest BCUT2D eigenvalue weighted by Crippen LogP contribution is -2.24. The maximum Gasteiger partial charge on any atom is 0.222 e. The minimum Gasteiger partial charge on any atom is -0.349 e. The molecule has 0 aromatic heterocycles. The SMILES string of the molecule is CC(N)CCC(=O)N(C)C.Cl. The van der Waals surface area contributed by atoms with E-state index in [9.17, 15) is 4.79 Å². The number of amides is 1. The molecule has 3 nitrogen and oxygen atoms in total. The molecule has 0 aromatic carbocycles. The molecule has 4 heteroatoms. The summed E-state index contributed by atoms with van der Waals surface area (Å²) in [7, 11) is 3.51. The monoisotopic (exact) mass is 180 g/mol. The Hall–Kier alpha value is -0.280. The standard InChI is InChI=1S/C7H16N2O.ClH/c1-6(8)4-5-7(10)9(2)3;/h6H,4-5,8H2,1-3H3;1H. The van der Waals surface area contributed by atoms with E-state index in [0.717, 1.165) is 6.42 Å². The van der Waals surface area contributed by atoms with Crippen LogP contribution in [-0.2, 0) is 4.79 Å². The molecular formula is C7H17ClN2O. The van der Waals surface area contributed by atoms with E-state index < -0.39 is 0 Å². The number of carbonyl (C=O) groups is 1. The average molecular weight is 181 g/mol. The third-order valence-corrected chi connectivity index (χ3v) is 1.31. The molecule has 0 saturated carbocycles. The molecule has 0 saturated heterocycles. The summed E-state index contributed by atoms with van der Waals surface area (Å²) in [6, 6.07) is 0.129. The van der Waals surface area contributed by atoms with E-state index in [1.54, 1.807) is 19.0 Å². The van der Waals surface area contributed by atoms with Gasteiger partial charge in [0.1, 0.15) is 0 Å². The van der Waals surface area contributed by atoms with Crippen molar-refractivity contribution in [1.29, 1.82) is 0 Å². The van der Waals surface area contributed by atoms with Gasteiger partial charge in [0.15, 0.2) is 0 Å². The van der Waals surface area contributed by atoms with E-state index in [1.807, 2.05) is 6.92 Å². The lowest BCUT2D eigenvalue weighted by atomic mass is 10.2. The largest absolute Gasteiger partial charge is 0.349 e. The van der Waals surface area contributed by atoms with E-state index in [1.165, 1.54) is 0 Å². The summed E-state index contributed by atoms with van der Waals surface area (Å²) >= 11 is 0. The third-order valence-electron chi connectivity index (χ3n) is 1.31. The first-order valence-corrected chi connectivity index (χ1v) is 3.49. The van der Waals surface area contributed by atoms with Crippen LogP contribution in [0.1, 0.15) is 19.8 Å². The molecule has 1 atom stereocenters. The summed E-state index contributed by atoms with van der Waals surface area (Å²) in [6.45, 7) is 1.91. The summed E-state index contributed by atoms with van der Waals surface area (Å²) in [4.78, 5) is 12.5. The molecule has 11 heavy (non-hydrogen) atoms. The zero-order valence-corrected chi connectivity index (χ0v) is 8.15. The van der Waals surface area contributed by atoms with Crippen LogP contribution in [0.3, 0.4) is 0 Å². The van der Waals surface area contributed by atoms with Crippen LogP contribution in [0.5, 0.6) is 0 Å². The number of nitrogens with two attached hydrogens (primary N) is 1. The van der Waals surface area contributed by atoms with Crippen molar-refractivity contribution in [3.05, 3.63) is 0 Å². The zero-order chi connectivity index (χ0) is 8.15. The predicted octanol–water partition coefficient (Wildman–Crippen LogP) is 0.624. The van der Waals surface area contributed by atoms with E-state index in [-0.39, 0.29) is 24.4 Å². The second kappa shape index (κ2) is 6.43. The van der Waals surface area contributed by atoms with Crippen molar-refractivity contribution in [3.8, 4) is 0 Å². The summed E-state index contributed by atoms with van der Waals surface area (Å²) in [5.74, 6) is 0.150. The number of halogens is 1. The van der Waals surface area contributed by atoms with E-state index in [2.05, 4.69) is 0 Å². The van der Waals surface area contributed by atoms with Crippen molar-refractivity contribution in [2.24, 2.45) is 5.73 Å². The van der Waals surface area contributed by atoms with Crippen molar-refractivity contribution in [2.45, 2.75) is 25.8 Å². The van der Waals surface area contributed by atoms with Gasteiger partial charge in [-0.3, -0.25) is 4.79 Å². The van der Waals surface area contributed by atoms with Crippen molar-refractivity contribution in [3.63, 3.8) is 0 Å². The molecule has 0 aromatic rings. The van der Waals surface area contributed by atoms with Gasteiger partial charge in [-0.2, -0.15) is 0 Å². The molecule has 0 aliphatic rings. The average Bonchev–Trinajstić information content (AvgIpc) is 1.82. The Morgan fingerprint density at radius 1 is 1.55 bits per heavy atom. The molecule has 68 valence electrons. The molecular weight excluding hydrogens is 164 g/mol. The topological polar surface area (TPSA) is 46.3 Å². The smallest absolute Gasteiger partial charge is 0.222 e. The molecule has 0 bridgehead atoms. The van der Waals surface area contributed by atoms with Crippen LogP contribution < -0.4 is 5.73 Å². The van der Waals surface area contributed by atoms with Crippen LogP contribution in [-0.4, -0.2) is 30.9 Å². The molecule has 0 rings (SSSR count). The lowest BCUT2D eigenvalue weighted by Gasteiger charge is -2.10. The summed E-state index contributed by atoms with van der Waals surface area (Å²) in [6.07, 6.45) is 1.34. The van der Waals surface area contributed by atoms with Crippen LogP contribution in [0.25, 0.3) is 0 Å². The van der Waals surface area contributed by atoms with Crippen LogP contribution >= 0.6 is 12.4 Å². The minimum absolute atomic E-state index is 0. The number of hydrogen-bond acceptors (Lipinski definition) is 2. The van der Waals surface area contributed by atoms with Gasteiger partial charge in [-0.15, -0.1) is 12.4 Å². The Balaban J connectivity index is 0. The molecule has 0 fully saturated rings. The van der Waals surface area contributed by atoms with Gasteiger partial charge in [-0.25, -0.2) is 0 Å². The number of nitrogens with zero attached hydrogens (tertiary/aromatic N) is 1. The van der Waals surface area contributed by atoms with Gasteiger partial charge in [0.25, 0.3) is 0 Å². The first-order chi connectivity index (χ1) is 4.54. The highest BCUT2D eigenvalue weighted by Gasteiger charge is 2.04. The van der Waals surface area contributed by atoms with Gasteiger partial charge >= 0.3 is 0 Å². The van der Waals surface area contributed by atoms with E-state index in [0.29, 0.717) is 6.42 Å². The quantitative estimate of drug-likeness (QED) is 0.693. The fourth-order valence-electron chi connectivity index (χ4n) is 0.575. The minimum atomic E-state index is 0. The molecule has 2 N–H and O–H groups in total. The highest BCUT2D eigenvalue weighted by atomic mass is 35.5. The maximum absolute atomic E-state index is 10.9. The Morgan fingerprint density at radius 2 is 2.00 bits per heavy atom. The maximum atomic E-state index is 10.9. The fraction of sp³-hybridized carbons (Fsp3) is 0.857. The normalized spacial score (nSPS) is 11.6. The van der Waals surface area contributed by atoms with Crippen molar-refractivity contribution in [1.82, 2.24) is 4.90 Å². The summed E-state index contributed by atoms with van der Waals surface area (Å²) in [5.41, 5.74) is 5.47. The molecule has 1 amide bonds. The number of rotatable bonds is 3.